The lowest BCUT2D eigenvalue weighted by Crippen LogP contribution is -2.46. The van der Waals surface area contributed by atoms with Gasteiger partial charge in [0, 0.05) is 12.6 Å². The van der Waals surface area contributed by atoms with Crippen LogP contribution in [-0.4, -0.2) is 36.2 Å². The van der Waals surface area contributed by atoms with Crippen LogP contribution >= 0.6 is 0 Å². The maximum absolute atomic E-state index is 11.1. The van der Waals surface area contributed by atoms with Gasteiger partial charge in [0.05, 0.1) is 12.6 Å². The van der Waals surface area contributed by atoms with E-state index in [0.717, 1.165) is 25.7 Å². The number of aliphatic hydroxyl groups is 1. The summed E-state index contributed by atoms with van der Waals surface area (Å²) in [7, 11) is 0. The molecule has 0 aromatic rings. The summed E-state index contributed by atoms with van der Waals surface area (Å²) in [6, 6.07) is 0.103. The molecule has 0 saturated heterocycles. The van der Waals surface area contributed by atoms with Crippen LogP contribution < -0.4 is 10.6 Å². The van der Waals surface area contributed by atoms with Gasteiger partial charge in [0.2, 0.25) is 5.91 Å². The van der Waals surface area contributed by atoms with E-state index < -0.39 is 0 Å². The first kappa shape index (κ1) is 11.5. The third-order valence-corrected chi connectivity index (χ3v) is 2.63. The SMILES string of the molecule is CCNC(=O)CNC1CCCCC1O. The first-order valence-electron chi connectivity index (χ1n) is 5.42. The molecule has 1 amide bonds. The minimum atomic E-state index is -0.279. The van der Waals surface area contributed by atoms with E-state index in [0.29, 0.717) is 13.1 Å². The molecule has 2 unspecified atom stereocenters. The molecule has 3 N–H and O–H groups in total. The van der Waals surface area contributed by atoms with E-state index >= 15 is 0 Å². The van der Waals surface area contributed by atoms with Gasteiger partial charge in [-0.15, -0.1) is 0 Å². The first-order valence-corrected chi connectivity index (χ1v) is 5.42. The van der Waals surface area contributed by atoms with E-state index in [4.69, 9.17) is 0 Å². The van der Waals surface area contributed by atoms with Crippen LogP contribution in [0.25, 0.3) is 0 Å². The number of carbonyl (C=O) groups is 1. The molecule has 0 heterocycles. The highest BCUT2D eigenvalue weighted by atomic mass is 16.3. The van der Waals surface area contributed by atoms with Gasteiger partial charge in [0.25, 0.3) is 0 Å². The maximum Gasteiger partial charge on any atom is 0.233 e. The topological polar surface area (TPSA) is 61.4 Å². The standard InChI is InChI=1S/C10H20N2O2/c1-2-11-10(14)7-12-8-5-3-4-6-9(8)13/h8-9,12-13H,2-7H2,1H3,(H,11,14). The Kier molecular flexibility index (Phi) is 4.90. The second kappa shape index (κ2) is 5.98. The predicted octanol–water partition coefficient (Wildman–Crippen LogP) is 0.0156. The van der Waals surface area contributed by atoms with E-state index in [1.807, 2.05) is 6.92 Å². The second-order valence-electron chi connectivity index (χ2n) is 3.79. The second-order valence-corrected chi connectivity index (χ2v) is 3.79. The molecule has 1 saturated carbocycles. The Morgan fingerprint density at radius 3 is 2.79 bits per heavy atom. The van der Waals surface area contributed by atoms with Gasteiger partial charge in [0.15, 0.2) is 0 Å². The molecule has 0 aromatic heterocycles. The van der Waals surface area contributed by atoms with Gasteiger partial charge in [-0.05, 0) is 19.8 Å². The molecule has 0 aromatic carbocycles. The highest BCUT2D eigenvalue weighted by Gasteiger charge is 2.22. The number of amides is 1. The summed E-state index contributed by atoms with van der Waals surface area (Å²) < 4.78 is 0. The molecule has 0 spiro atoms. The van der Waals surface area contributed by atoms with E-state index in [-0.39, 0.29) is 18.1 Å². The number of likely N-dealkylation sites (N-methyl/N-ethyl adjacent to an activating group) is 1. The van der Waals surface area contributed by atoms with Gasteiger partial charge < -0.3 is 15.7 Å². The molecule has 1 aliphatic rings. The molecule has 4 heteroatoms. The zero-order chi connectivity index (χ0) is 10.4. The fourth-order valence-electron chi connectivity index (χ4n) is 1.83. The normalized spacial score (nSPS) is 27.3. The van der Waals surface area contributed by atoms with E-state index in [1.165, 1.54) is 0 Å². The largest absolute Gasteiger partial charge is 0.392 e. The Hall–Kier alpha value is -0.610. The zero-order valence-corrected chi connectivity index (χ0v) is 8.75. The van der Waals surface area contributed by atoms with Crippen molar-refractivity contribution < 1.29 is 9.90 Å². The number of hydrogen-bond donors (Lipinski definition) is 3. The van der Waals surface area contributed by atoms with E-state index in [1.54, 1.807) is 0 Å². The average Bonchev–Trinajstić information content (AvgIpc) is 2.17. The highest BCUT2D eigenvalue weighted by molar-refractivity contribution is 5.77. The first-order chi connectivity index (χ1) is 6.74. The van der Waals surface area contributed by atoms with Crippen LogP contribution in [0.4, 0.5) is 0 Å². The smallest absolute Gasteiger partial charge is 0.233 e. The maximum atomic E-state index is 11.1. The van der Waals surface area contributed by atoms with Crippen LogP contribution in [0.15, 0.2) is 0 Å². The minimum Gasteiger partial charge on any atom is -0.392 e. The van der Waals surface area contributed by atoms with Crippen molar-refractivity contribution in [2.75, 3.05) is 13.1 Å². The lowest BCUT2D eigenvalue weighted by Gasteiger charge is -2.28. The fourth-order valence-corrected chi connectivity index (χ4v) is 1.83. The number of carbonyl (C=O) groups excluding carboxylic acids is 1. The lowest BCUT2D eigenvalue weighted by atomic mass is 9.93. The molecule has 0 radical (unpaired) electrons. The van der Waals surface area contributed by atoms with Crippen LogP contribution in [0.1, 0.15) is 32.6 Å². The molecule has 1 fully saturated rings. The monoisotopic (exact) mass is 200 g/mol. The molecule has 1 rings (SSSR count). The summed E-state index contributed by atoms with van der Waals surface area (Å²) in [6.45, 7) is 2.87. The summed E-state index contributed by atoms with van der Waals surface area (Å²) in [4.78, 5) is 11.1. The minimum absolute atomic E-state index is 0.00488. The third-order valence-electron chi connectivity index (χ3n) is 2.63. The Labute approximate surface area is 85.1 Å². The Balaban J connectivity index is 2.19. The van der Waals surface area contributed by atoms with Crippen LogP contribution in [0.3, 0.4) is 0 Å². The summed E-state index contributed by atoms with van der Waals surface area (Å²) in [5.74, 6) is 0.00488. The van der Waals surface area contributed by atoms with Crippen molar-refractivity contribution in [2.45, 2.75) is 44.8 Å². The molecule has 82 valence electrons. The van der Waals surface area contributed by atoms with E-state index in [2.05, 4.69) is 10.6 Å². The molecule has 14 heavy (non-hydrogen) atoms. The van der Waals surface area contributed by atoms with Crippen molar-refractivity contribution in [2.24, 2.45) is 0 Å². The molecule has 1 aliphatic carbocycles. The quantitative estimate of drug-likeness (QED) is 0.599. The van der Waals surface area contributed by atoms with Crippen molar-refractivity contribution in [3.63, 3.8) is 0 Å². The van der Waals surface area contributed by atoms with Crippen molar-refractivity contribution in [3.05, 3.63) is 0 Å². The summed E-state index contributed by atoms with van der Waals surface area (Å²) >= 11 is 0. The number of nitrogens with one attached hydrogen (secondary N) is 2. The predicted molar refractivity (Wildman–Crippen MR) is 54.9 cm³/mol. The van der Waals surface area contributed by atoms with Gasteiger partial charge in [-0.2, -0.15) is 0 Å². The lowest BCUT2D eigenvalue weighted by molar-refractivity contribution is -0.120. The van der Waals surface area contributed by atoms with Crippen molar-refractivity contribution in [1.29, 1.82) is 0 Å². The number of hydrogen-bond acceptors (Lipinski definition) is 3. The van der Waals surface area contributed by atoms with Crippen molar-refractivity contribution in [1.82, 2.24) is 10.6 Å². The average molecular weight is 200 g/mol. The van der Waals surface area contributed by atoms with Gasteiger partial charge in [-0.3, -0.25) is 4.79 Å². The Morgan fingerprint density at radius 1 is 1.43 bits per heavy atom. The van der Waals surface area contributed by atoms with Crippen LogP contribution in [0.5, 0.6) is 0 Å². The molecular formula is C10H20N2O2. The van der Waals surface area contributed by atoms with Gasteiger partial charge in [-0.1, -0.05) is 12.8 Å². The third kappa shape index (κ3) is 3.64. The summed E-state index contributed by atoms with van der Waals surface area (Å²) in [5, 5.41) is 15.4. The van der Waals surface area contributed by atoms with Gasteiger partial charge in [0.1, 0.15) is 0 Å². The zero-order valence-electron chi connectivity index (χ0n) is 8.75. The fraction of sp³-hybridized carbons (Fsp3) is 0.900. The number of aliphatic hydroxyl groups excluding tert-OH is 1. The van der Waals surface area contributed by atoms with E-state index in [9.17, 15) is 9.90 Å². The highest BCUT2D eigenvalue weighted by Crippen LogP contribution is 2.17. The van der Waals surface area contributed by atoms with Crippen LogP contribution in [0, 0.1) is 0 Å². The van der Waals surface area contributed by atoms with Crippen molar-refractivity contribution in [3.8, 4) is 0 Å². The van der Waals surface area contributed by atoms with Crippen LogP contribution in [0.2, 0.25) is 0 Å². The van der Waals surface area contributed by atoms with Crippen LogP contribution in [-0.2, 0) is 4.79 Å². The molecule has 0 bridgehead atoms. The molecule has 2 atom stereocenters. The molecule has 4 nitrogen and oxygen atoms in total. The summed E-state index contributed by atoms with van der Waals surface area (Å²) in [5.41, 5.74) is 0. The Morgan fingerprint density at radius 2 is 2.14 bits per heavy atom. The van der Waals surface area contributed by atoms with Gasteiger partial charge in [-0.25, -0.2) is 0 Å². The van der Waals surface area contributed by atoms with Crippen molar-refractivity contribution >= 4 is 5.91 Å². The molecular weight excluding hydrogens is 180 g/mol. The summed E-state index contributed by atoms with van der Waals surface area (Å²) in [6.07, 6.45) is 3.79. The molecule has 0 aliphatic heterocycles. The number of rotatable bonds is 4. The van der Waals surface area contributed by atoms with Gasteiger partial charge >= 0.3 is 0 Å². The Bertz CT molecular complexity index is 185.